The molecule has 0 radical (unpaired) electrons. The van der Waals surface area contributed by atoms with Crippen molar-refractivity contribution in [3.63, 3.8) is 0 Å². The summed E-state index contributed by atoms with van der Waals surface area (Å²) in [6, 6.07) is 11.6. The minimum Gasteiger partial charge on any atom is -0.324 e. The van der Waals surface area contributed by atoms with Gasteiger partial charge in [0.15, 0.2) is 4.90 Å². The minimum atomic E-state index is -4.11. The molecule has 0 heterocycles. The molecule has 2 aromatic carbocycles. The summed E-state index contributed by atoms with van der Waals surface area (Å²) in [5.41, 5.74) is 2.27. The standard InChI is InChI=1S/C12H12N4O4S/c13-14-10-6-7-11(16(17)18)12(8-10)21(19,20)15-9-4-2-1-3-5-9/h1-8,14-15H,13H2. The molecule has 0 saturated carbocycles. The van der Waals surface area contributed by atoms with E-state index in [4.69, 9.17) is 5.84 Å². The highest BCUT2D eigenvalue weighted by Gasteiger charge is 2.26. The number of anilines is 2. The Hall–Kier alpha value is -2.65. The fourth-order valence-corrected chi connectivity index (χ4v) is 2.94. The van der Waals surface area contributed by atoms with E-state index < -0.39 is 25.5 Å². The van der Waals surface area contributed by atoms with Crippen molar-refractivity contribution in [2.24, 2.45) is 5.84 Å². The Morgan fingerprint density at radius 3 is 2.29 bits per heavy atom. The average Bonchev–Trinajstić information content (AvgIpc) is 2.47. The predicted molar refractivity (Wildman–Crippen MR) is 78.2 cm³/mol. The van der Waals surface area contributed by atoms with Crippen molar-refractivity contribution in [3.05, 3.63) is 58.6 Å². The Labute approximate surface area is 120 Å². The molecule has 0 aliphatic carbocycles. The van der Waals surface area contributed by atoms with Crippen molar-refractivity contribution in [1.29, 1.82) is 0 Å². The highest BCUT2D eigenvalue weighted by molar-refractivity contribution is 7.92. The third kappa shape index (κ3) is 3.27. The summed E-state index contributed by atoms with van der Waals surface area (Å²) in [7, 11) is -4.11. The van der Waals surface area contributed by atoms with E-state index in [1.807, 2.05) is 0 Å². The maximum Gasteiger partial charge on any atom is 0.290 e. The molecule has 0 aromatic heterocycles. The zero-order valence-electron chi connectivity index (χ0n) is 10.7. The van der Waals surface area contributed by atoms with Crippen LogP contribution in [0.4, 0.5) is 17.1 Å². The third-order valence-electron chi connectivity index (χ3n) is 2.64. The number of hydrogen-bond donors (Lipinski definition) is 3. The van der Waals surface area contributed by atoms with Crippen molar-refractivity contribution >= 4 is 27.1 Å². The number of para-hydroxylation sites is 1. The summed E-state index contributed by atoms with van der Waals surface area (Å²) in [5.74, 6) is 5.21. The van der Waals surface area contributed by atoms with E-state index in [2.05, 4.69) is 10.1 Å². The van der Waals surface area contributed by atoms with Gasteiger partial charge in [-0.15, -0.1) is 0 Å². The Morgan fingerprint density at radius 1 is 1.05 bits per heavy atom. The molecule has 0 aliphatic heterocycles. The Bertz CT molecular complexity index is 762. The first-order valence-corrected chi connectivity index (χ1v) is 7.25. The van der Waals surface area contributed by atoms with E-state index in [0.29, 0.717) is 5.69 Å². The highest BCUT2D eigenvalue weighted by atomic mass is 32.2. The number of sulfonamides is 1. The molecule has 8 nitrogen and oxygen atoms in total. The van der Waals surface area contributed by atoms with Gasteiger partial charge in [-0.25, -0.2) is 8.42 Å². The topological polar surface area (TPSA) is 127 Å². The summed E-state index contributed by atoms with van der Waals surface area (Å²) in [6.45, 7) is 0. The van der Waals surface area contributed by atoms with Crippen LogP contribution in [0.3, 0.4) is 0 Å². The highest BCUT2D eigenvalue weighted by Crippen LogP contribution is 2.28. The van der Waals surface area contributed by atoms with Crippen molar-refractivity contribution < 1.29 is 13.3 Å². The van der Waals surface area contributed by atoms with Crippen LogP contribution in [-0.2, 0) is 10.0 Å². The Kier molecular flexibility index (Phi) is 4.05. The molecule has 0 aliphatic rings. The molecule has 0 spiro atoms. The average molecular weight is 308 g/mol. The fraction of sp³-hybridized carbons (Fsp3) is 0. The summed E-state index contributed by atoms with van der Waals surface area (Å²) < 4.78 is 26.9. The lowest BCUT2D eigenvalue weighted by atomic mass is 10.3. The van der Waals surface area contributed by atoms with Crippen molar-refractivity contribution in [2.75, 3.05) is 10.1 Å². The van der Waals surface area contributed by atoms with Crippen LogP contribution < -0.4 is 16.0 Å². The quantitative estimate of drug-likeness (QED) is 0.438. The van der Waals surface area contributed by atoms with Gasteiger partial charge in [0.2, 0.25) is 0 Å². The van der Waals surface area contributed by atoms with Crippen LogP contribution in [0, 0.1) is 10.1 Å². The lowest BCUT2D eigenvalue weighted by Gasteiger charge is -2.09. The number of hydrazine groups is 1. The van der Waals surface area contributed by atoms with E-state index in [-0.39, 0.29) is 5.69 Å². The number of benzene rings is 2. The normalized spacial score (nSPS) is 10.9. The largest absolute Gasteiger partial charge is 0.324 e. The smallest absolute Gasteiger partial charge is 0.290 e. The van der Waals surface area contributed by atoms with E-state index in [9.17, 15) is 18.5 Å². The van der Waals surface area contributed by atoms with Crippen LogP contribution in [0.15, 0.2) is 53.4 Å². The summed E-state index contributed by atoms with van der Waals surface area (Å²) in [6.07, 6.45) is 0. The molecule has 2 aromatic rings. The minimum absolute atomic E-state index is 0.244. The summed E-state index contributed by atoms with van der Waals surface area (Å²) >= 11 is 0. The zero-order chi connectivity index (χ0) is 15.5. The van der Waals surface area contributed by atoms with Gasteiger partial charge >= 0.3 is 0 Å². The predicted octanol–water partition coefficient (Wildman–Crippen LogP) is 1.68. The van der Waals surface area contributed by atoms with E-state index in [1.165, 1.54) is 18.2 Å². The first-order chi connectivity index (χ1) is 9.94. The maximum atomic E-state index is 12.3. The number of hydrogen-bond acceptors (Lipinski definition) is 6. The molecule has 0 bridgehead atoms. The molecule has 21 heavy (non-hydrogen) atoms. The first-order valence-electron chi connectivity index (χ1n) is 5.77. The van der Waals surface area contributed by atoms with Crippen LogP contribution in [0.25, 0.3) is 0 Å². The molecule has 9 heteroatoms. The van der Waals surface area contributed by atoms with Crippen molar-refractivity contribution in [2.45, 2.75) is 4.90 Å². The van der Waals surface area contributed by atoms with E-state index in [0.717, 1.165) is 12.1 Å². The van der Waals surface area contributed by atoms with Crippen molar-refractivity contribution in [1.82, 2.24) is 0 Å². The molecular weight excluding hydrogens is 296 g/mol. The molecule has 2 rings (SSSR count). The number of rotatable bonds is 5. The molecule has 0 atom stereocenters. The lowest BCUT2D eigenvalue weighted by molar-refractivity contribution is -0.387. The van der Waals surface area contributed by atoms with Gasteiger partial charge in [-0.05, 0) is 24.3 Å². The number of nitrogens with one attached hydrogen (secondary N) is 2. The SMILES string of the molecule is NNc1ccc([N+](=O)[O-])c(S(=O)(=O)Nc2ccccc2)c1. The van der Waals surface area contributed by atoms with Gasteiger partial charge in [-0.2, -0.15) is 0 Å². The molecule has 110 valence electrons. The van der Waals surface area contributed by atoms with Crippen LogP contribution in [0.1, 0.15) is 0 Å². The van der Waals surface area contributed by atoms with Crippen LogP contribution in [-0.4, -0.2) is 13.3 Å². The number of nitro groups is 1. The second kappa shape index (κ2) is 5.77. The Morgan fingerprint density at radius 2 is 1.71 bits per heavy atom. The van der Waals surface area contributed by atoms with Gasteiger partial charge in [0.05, 0.1) is 10.6 Å². The molecular formula is C12H12N4O4S. The number of nitrogen functional groups attached to an aromatic ring is 1. The second-order valence-electron chi connectivity index (χ2n) is 4.06. The molecule has 0 saturated heterocycles. The summed E-state index contributed by atoms with van der Waals surface area (Å²) in [4.78, 5) is 9.75. The summed E-state index contributed by atoms with van der Waals surface area (Å²) in [5, 5.41) is 11.0. The molecule has 4 N–H and O–H groups in total. The van der Waals surface area contributed by atoms with Crippen LogP contribution >= 0.6 is 0 Å². The Balaban J connectivity index is 2.50. The van der Waals surface area contributed by atoms with Gasteiger partial charge < -0.3 is 5.43 Å². The van der Waals surface area contributed by atoms with Crippen LogP contribution in [0.2, 0.25) is 0 Å². The maximum absolute atomic E-state index is 12.3. The van der Waals surface area contributed by atoms with Crippen LogP contribution in [0.5, 0.6) is 0 Å². The van der Waals surface area contributed by atoms with Gasteiger partial charge in [0, 0.05) is 11.8 Å². The van der Waals surface area contributed by atoms with E-state index in [1.54, 1.807) is 18.2 Å². The molecule has 0 unspecified atom stereocenters. The fourth-order valence-electron chi connectivity index (χ4n) is 1.69. The van der Waals surface area contributed by atoms with Gasteiger partial charge in [-0.3, -0.25) is 20.7 Å². The van der Waals surface area contributed by atoms with Gasteiger partial charge in [-0.1, -0.05) is 18.2 Å². The second-order valence-corrected chi connectivity index (χ2v) is 5.71. The van der Waals surface area contributed by atoms with Gasteiger partial charge in [0.1, 0.15) is 0 Å². The number of nitrogens with two attached hydrogens (primary N) is 1. The third-order valence-corrected chi connectivity index (χ3v) is 4.05. The first kappa shape index (κ1) is 14.8. The number of nitro benzene ring substituents is 1. The van der Waals surface area contributed by atoms with Crippen molar-refractivity contribution in [3.8, 4) is 0 Å². The molecule has 0 amide bonds. The number of nitrogens with zero attached hydrogens (tertiary/aromatic N) is 1. The van der Waals surface area contributed by atoms with E-state index >= 15 is 0 Å². The monoisotopic (exact) mass is 308 g/mol. The molecule has 0 fully saturated rings. The van der Waals surface area contributed by atoms with Gasteiger partial charge in [0.25, 0.3) is 15.7 Å². The zero-order valence-corrected chi connectivity index (χ0v) is 11.5. The lowest BCUT2D eigenvalue weighted by Crippen LogP contribution is -2.16.